The highest BCUT2D eigenvalue weighted by Gasteiger charge is 2.62. The largest absolute Gasteiger partial charge is 0.226 e. The molecular weight excluding hydrogens is 356 g/mol. The molecule has 0 fully saturated rings. The van der Waals surface area contributed by atoms with E-state index in [1.54, 1.807) is 6.92 Å². The fourth-order valence-corrected chi connectivity index (χ4v) is 2.51. The van der Waals surface area contributed by atoms with Crippen LogP contribution in [0, 0.1) is 0 Å². The number of hydrogen-bond acceptors (Lipinski definition) is 0. The van der Waals surface area contributed by atoms with Crippen LogP contribution in [-0.4, -0.2) is 17.8 Å². The Morgan fingerprint density at radius 2 is 1.29 bits per heavy atom. The van der Waals surface area contributed by atoms with Crippen LogP contribution in [0.3, 0.4) is 0 Å². The van der Waals surface area contributed by atoms with Crippen LogP contribution in [0.2, 0.25) is 0 Å². The summed E-state index contributed by atoms with van der Waals surface area (Å²) in [6.07, 6.45) is 0.427. The predicted molar refractivity (Wildman–Crippen MR) is 69.1 cm³/mol. The Labute approximate surface area is 123 Å². The van der Waals surface area contributed by atoms with Gasteiger partial charge in [-0.25, -0.2) is 0 Å². The average molecular weight is 362 g/mol. The van der Waals surface area contributed by atoms with Gasteiger partial charge < -0.3 is 0 Å². The molecule has 0 aromatic heterocycles. The summed E-state index contributed by atoms with van der Waals surface area (Å²) in [5, 5.41) is -0.739. The highest BCUT2D eigenvalue weighted by atomic mass is 35.6. The molecular formula is C6H6Cl8. The minimum atomic E-state index is -2.04. The van der Waals surface area contributed by atoms with Gasteiger partial charge in [-0.05, 0) is 6.42 Å². The van der Waals surface area contributed by atoms with Crippen LogP contribution in [0.4, 0.5) is 0 Å². The molecule has 0 radical (unpaired) electrons. The molecule has 0 rings (SSSR count). The van der Waals surface area contributed by atoms with E-state index >= 15 is 0 Å². The molecule has 0 aromatic carbocycles. The van der Waals surface area contributed by atoms with Crippen molar-refractivity contribution in [2.75, 3.05) is 0 Å². The predicted octanol–water partition coefficient (Wildman–Crippen LogP) is 5.72. The lowest BCUT2D eigenvalue weighted by Gasteiger charge is -2.39. The molecule has 0 saturated heterocycles. The van der Waals surface area contributed by atoms with Crippen LogP contribution in [0.15, 0.2) is 0 Å². The Morgan fingerprint density at radius 1 is 0.929 bits per heavy atom. The van der Waals surface area contributed by atoms with E-state index in [2.05, 4.69) is 0 Å². The molecule has 0 saturated carbocycles. The van der Waals surface area contributed by atoms with Crippen LogP contribution >= 0.6 is 92.8 Å². The summed E-state index contributed by atoms with van der Waals surface area (Å²) in [7, 11) is 0. The van der Waals surface area contributed by atoms with Gasteiger partial charge in [-0.3, -0.25) is 0 Å². The van der Waals surface area contributed by atoms with Gasteiger partial charge >= 0.3 is 0 Å². The SMILES string of the molecule is CCC(Cl)C(Cl)(Cl)C(Cl)(Cl)C(Cl)(Cl)Cl. The van der Waals surface area contributed by atoms with Crippen LogP contribution < -0.4 is 0 Å². The number of halogens is 8. The number of rotatable bonds is 3. The minimum absolute atomic E-state index is 0.427. The van der Waals surface area contributed by atoms with E-state index < -0.39 is 17.8 Å². The quantitative estimate of drug-likeness (QED) is 0.564. The normalized spacial score (nSPS) is 16.9. The molecule has 1 unspecified atom stereocenters. The molecule has 0 heterocycles. The third kappa shape index (κ3) is 3.17. The molecule has 0 spiro atoms. The second-order valence-electron chi connectivity index (χ2n) is 2.57. The first-order valence-electron chi connectivity index (χ1n) is 3.45. The molecule has 1 atom stereocenters. The van der Waals surface area contributed by atoms with Gasteiger partial charge in [0.15, 0.2) is 8.67 Å². The Hall–Kier alpha value is 2.32. The van der Waals surface area contributed by atoms with E-state index in [-0.39, 0.29) is 0 Å². The topological polar surface area (TPSA) is 0 Å². The lowest BCUT2D eigenvalue weighted by molar-refractivity contribution is 0.609. The van der Waals surface area contributed by atoms with Crippen molar-refractivity contribution < 1.29 is 0 Å². The van der Waals surface area contributed by atoms with Gasteiger partial charge in [-0.2, -0.15) is 0 Å². The summed E-state index contributed by atoms with van der Waals surface area (Å²) >= 11 is 45.8. The standard InChI is InChI=1S/C6H6Cl8/c1-2-3(7)4(8,9)5(10,11)6(12,13)14/h3H,2H2,1H3. The van der Waals surface area contributed by atoms with Gasteiger partial charge in [0, 0.05) is 0 Å². The fourth-order valence-electron chi connectivity index (χ4n) is 0.642. The summed E-state index contributed by atoms with van der Waals surface area (Å²) in [4.78, 5) is 0. The van der Waals surface area contributed by atoms with Gasteiger partial charge in [0.25, 0.3) is 0 Å². The van der Waals surface area contributed by atoms with Crippen molar-refractivity contribution in [3.8, 4) is 0 Å². The Bertz CT molecular complexity index is 192. The van der Waals surface area contributed by atoms with Gasteiger partial charge in [0.05, 0.1) is 5.38 Å². The third-order valence-corrected chi connectivity index (χ3v) is 6.46. The second-order valence-corrected chi connectivity index (χ2v) is 8.09. The number of hydrogen-bond donors (Lipinski definition) is 0. The fraction of sp³-hybridized carbons (Fsp3) is 1.00. The first-order chi connectivity index (χ1) is 5.98. The molecule has 0 aliphatic heterocycles. The maximum Gasteiger partial charge on any atom is 0.226 e. The average Bonchev–Trinajstić information content (AvgIpc) is 2.00. The molecule has 0 amide bonds. The van der Waals surface area contributed by atoms with Crippen molar-refractivity contribution >= 4 is 92.8 Å². The summed E-state index contributed by atoms with van der Waals surface area (Å²) in [5.74, 6) is 0. The molecule has 14 heavy (non-hydrogen) atoms. The Kier molecular flexibility index (Phi) is 6.19. The maximum absolute atomic E-state index is 5.88. The molecule has 8 heteroatoms. The van der Waals surface area contributed by atoms with Crippen molar-refractivity contribution in [2.45, 2.75) is 31.2 Å². The number of alkyl halides is 8. The summed E-state index contributed by atoms with van der Waals surface area (Å²) in [6, 6.07) is 0. The summed E-state index contributed by atoms with van der Waals surface area (Å²) in [6.45, 7) is 1.75. The molecule has 0 aromatic rings. The summed E-state index contributed by atoms with van der Waals surface area (Å²) in [5.41, 5.74) is 0. The van der Waals surface area contributed by atoms with Gasteiger partial charge in [-0.1, -0.05) is 88.1 Å². The van der Waals surface area contributed by atoms with Crippen molar-refractivity contribution in [1.82, 2.24) is 0 Å². The zero-order chi connectivity index (χ0) is 11.8. The zero-order valence-corrected chi connectivity index (χ0v) is 12.9. The van der Waals surface area contributed by atoms with Gasteiger partial charge in [0.1, 0.15) is 0 Å². The second kappa shape index (κ2) is 5.31. The highest BCUT2D eigenvalue weighted by Crippen LogP contribution is 2.58. The van der Waals surface area contributed by atoms with Crippen molar-refractivity contribution in [1.29, 1.82) is 0 Å². The third-order valence-electron chi connectivity index (χ3n) is 1.53. The molecule has 0 N–H and O–H groups in total. The molecule has 0 aliphatic carbocycles. The van der Waals surface area contributed by atoms with E-state index in [0.29, 0.717) is 6.42 Å². The Morgan fingerprint density at radius 3 is 1.50 bits per heavy atom. The van der Waals surface area contributed by atoms with Crippen LogP contribution in [0.5, 0.6) is 0 Å². The van der Waals surface area contributed by atoms with Crippen LogP contribution in [0.1, 0.15) is 13.3 Å². The maximum atomic E-state index is 5.88. The van der Waals surface area contributed by atoms with E-state index in [1.165, 1.54) is 0 Å². The van der Waals surface area contributed by atoms with E-state index in [4.69, 9.17) is 92.8 Å². The monoisotopic (exact) mass is 358 g/mol. The van der Waals surface area contributed by atoms with Crippen LogP contribution in [-0.2, 0) is 0 Å². The van der Waals surface area contributed by atoms with Crippen molar-refractivity contribution in [3.05, 3.63) is 0 Å². The first-order valence-corrected chi connectivity index (χ1v) is 6.53. The zero-order valence-electron chi connectivity index (χ0n) is 6.81. The van der Waals surface area contributed by atoms with Gasteiger partial charge in [-0.15, -0.1) is 11.6 Å². The van der Waals surface area contributed by atoms with Crippen LogP contribution in [0.25, 0.3) is 0 Å². The summed E-state index contributed by atoms with van der Waals surface area (Å²) < 4.78 is -5.81. The van der Waals surface area contributed by atoms with Crippen molar-refractivity contribution in [2.24, 2.45) is 0 Å². The minimum Gasteiger partial charge on any atom is -0.120 e. The molecule has 0 aliphatic rings. The van der Waals surface area contributed by atoms with Gasteiger partial charge in [0.2, 0.25) is 3.79 Å². The van der Waals surface area contributed by atoms with E-state index in [9.17, 15) is 0 Å². The lowest BCUT2D eigenvalue weighted by Crippen LogP contribution is -2.51. The van der Waals surface area contributed by atoms with E-state index in [1.807, 2.05) is 0 Å². The Balaban J connectivity index is 5.07. The first kappa shape index (κ1) is 16.3. The molecule has 86 valence electrons. The van der Waals surface area contributed by atoms with Crippen molar-refractivity contribution in [3.63, 3.8) is 0 Å². The molecule has 0 nitrogen and oxygen atoms in total. The highest BCUT2D eigenvalue weighted by molar-refractivity contribution is 6.79. The van der Waals surface area contributed by atoms with E-state index in [0.717, 1.165) is 0 Å². The lowest BCUT2D eigenvalue weighted by atomic mass is 10.2. The molecule has 0 bridgehead atoms. The smallest absolute Gasteiger partial charge is 0.120 e.